The highest BCUT2D eigenvalue weighted by Gasteiger charge is 2.22. The van der Waals surface area contributed by atoms with E-state index in [1.165, 1.54) is 29.5 Å². The van der Waals surface area contributed by atoms with E-state index in [0.717, 1.165) is 44.5 Å². The summed E-state index contributed by atoms with van der Waals surface area (Å²) in [6.45, 7) is 5.34. The van der Waals surface area contributed by atoms with Crippen molar-refractivity contribution in [1.29, 1.82) is 0 Å². The number of ether oxygens (including phenoxy) is 2. The molecule has 1 unspecified atom stereocenters. The first-order valence-electron chi connectivity index (χ1n) is 11.6. The monoisotopic (exact) mass is 425 g/mol. The molecule has 0 bridgehead atoms. The number of carboxylic acid groups (broad SMARTS) is 1. The normalized spacial score (nSPS) is 16.9. The number of rotatable bonds is 12. The van der Waals surface area contributed by atoms with Crippen molar-refractivity contribution in [3.8, 4) is 16.9 Å². The molecule has 1 N–H and O–H groups in total. The highest BCUT2D eigenvalue weighted by atomic mass is 16.5. The molecule has 1 heterocycles. The number of likely N-dealkylation sites (tertiary alicyclic amines) is 1. The molecule has 31 heavy (non-hydrogen) atoms. The largest absolute Gasteiger partial charge is 0.494 e. The molecule has 3 rings (SSSR count). The summed E-state index contributed by atoms with van der Waals surface area (Å²) in [5, 5.41) is 8.76. The summed E-state index contributed by atoms with van der Waals surface area (Å²) in [5.41, 5.74) is 3.55. The summed E-state index contributed by atoms with van der Waals surface area (Å²) in [7, 11) is 0. The van der Waals surface area contributed by atoms with Gasteiger partial charge in [0.2, 0.25) is 0 Å². The quantitative estimate of drug-likeness (QED) is 0.440. The van der Waals surface area contributed by atoms with E-state index in [9.17, 15) is 4.79 Å². The fraction of sp³-hybridized carbons (Fsp3) is 0.500. The zero-order valence-corrected chi connectivity index (χ0v) is 18.6. The van der Waals surface area contributed by atoms with Crippen LogP contribution in [0, 0.1) is 0 Å². The van der Waals surface area contributed by atoms with E-state index in [1.807, 2.05) is 19.1 Å². The van der Waals surface area contributed by atoms with Crippen LogP contribution >= 0.6 is 0 Å². The molecule has 1 aliphatic heterocycles. The minimum atomic E-state index is -0.701. The average molecular weight is 426 g/mol. The second kappa shape index (κ2) is 12.5. The van der Waals surface area contributed by atoms with Crippen molar-refractivity contribution in [1.82, 2.24) is 4.90 Å². The van der Waals surface area contributed by atoms with Crippen LogP contribution in [0.5, 0.6) is 5.75 Å². The third-order valence-corrected chi connectivity index (χ3v) is 5.78. The first-order chi connectivity index (χ1) is 15.2. The molecule has 0 amide bonds. The van der Waals surface area contributed by atoms with E-state index in [0.29, 0.717) is 13.2 Å². The van der Waals surface area contributed by atoms with Crippen molar-refractivity contribution in [2.45, 2.75) is 64.7 Å². The zero-order valence-electron chi connectivity index (χ0n) is 18.6. The zero-order chi connectivity index (χ0) is 21.9. The number of piperidine rings is 1. The Morgan fingerprint density at radius 3 is 2.39 bits per heavy atom. The second-order valence-corrected chi connectivity index (χ2v) is 8.16. The van der Waals surface area contributed by atoms with E-state index >= 15 is 0 Å². The molecular weight excluding hydrogens is 390 g/mol. The lowest BCUT2D eigenvalue weighted by atomic mass is 10.0. The first kappa shape index (κ1) is 23.3. The van der Waals surface area contributed by atoms with Gasteiger partial charge in [-0.2, -0.15) is 0 Å². The molecule has 0 aromatic heterocycles. The number of hydrogen-bond acceptors (Lipinski definition) is 4. The summed E-state index contributed by atoms with van der Waals surface area (Å²) in [6.07, 6.45) is 6.68. The fourth-order valence-electron chi connectivity index (χ4n) is 4.07. The van der Waals surface area contributed by atoms with Gasteiger partial charge in [-0.05, 0) is 67.9 Å². The van der Waals surface area contributed by atoms with Gasteiger partial charge in [-0.15, -0.1) is 0 Å². The lowest BCUT2D eigenvalue weighted by Crippen LogP contribution is -2.41. The number of carboxylic acids is 1. The van der Waals surface area contributed by atoms with E-state index in [4.69, 9.17) is 14.6 Å². The Morgan fingerprint density at radius 1 is 1.00 bits per heavy atom. The van der Waals surface area contributed by atoms with Gasteiger partial charge in [-0.25, -0.2) is 0 Å². The van der Waals surface area contributed by atoms with Crippen molar-refractivity contribution < 1.29 is 19.4 Å². The van der Waals surface area contributed by atoms with E-state index in [1.54, 1.807) is 0 Å². The van der Waals surface area contributed by atoms with Crippen LogP contribution in [-0.2, 0) is 16.1 Å². The highest BCUT2D eigenvalue weighted by Crippen LogP contribution is 2.24. The summed E-state index contributed by atoms with van der Waals surface area (Å²) < 4.78 is 11.8. The van der Waals surface area contributed by atoms with Gasteiger partial charge in [-0.1, -0.05) is 42.8 Å². The highest BCUT2D eigenvalue weighted by molar-refractivity contribution is 5.66. The van der Waals surface area contributed by atoms with Gasteiger partial charge in [0.25, 0.3) is 0 Å². The molecule has 1 fully saturated rings. The predicted molar refractivity (Wildman–Crippen MR) is 123 cm³/mol. The van der Waals surface area contributed by atoms with E-state index in [2.05, 4.69) is 41.3 Å². The second-order valence-electron chi connectivity index (χ2n) is 8.16. The van der Waals surface area contributed by atoms with Gasteiger partial charge in [0.1, 0.15) is 12.0 Å². The predicted octanol–water partition coefficient (Wildman–Crippen LogP) is 5.73. The molecule has 0 aliphatic carbocycles. The Morgan fingerprint density at radius 2 is 1.71 bits per heavy atom. The Kier molecular flexibility index (Phi) is 9.38. The summed E-state index contributed by atoms with van der Waals surface area (Å²) >= 11 is 0. The van der Waals surface area contributed by atoms with Crippen LogP contribution in [0.3, 0.4) is 0 Å². The number of aliphatic carboxylic acids is 1. The lowest BCUT2D eigenvalue weighted by molar-refractivity contribution is -0.137. The minimum absolute atomic E-state index is 0.166. The smallest absolute Gasteiger partial charge is 0.303 e. The van der Waals surface area contributed by atoms with Crippen LogP contribution in [-0.4, -0.2) is 41.9 Å². The van der Waals surface area contributed by atoms with Crippen molar-refractivity contribution in [3.05, 3.63) is 54.1 Å². The van der Waals surface area contributed by atoms with Crippen molar-refractivity contribution in [2.75, 3.05) is 19.7 Å². The average Bonchev–Trinajstić information content (AvgIpc) is 2.79. The Bertz CT molecular complexity index is 788. The van der Waals surface area contributed by atoms with Crippen LogP contribution in [0.2, 0.25) is 0 Å². The SMILES string of the molecule is CCOc1ccc(-c2ccc(COC3CCCCN3CCCCCC(=O)O)cc2)cc1. The molecule has 1 atom stereocenters. The molecule has 1 aliphatic rings. The first-order valence-corrected chi connectivity index (χ1v) is 11.6. The lowest BCUT2D eigenvalue weighted by Gasteiger charge is -2.35. The third kappa shape index (κ3) is 7.67. The Balaban J connectivity index is 1.47. The summed E-state index contributed by atoms with van der Waals surface area (Å²) in [4.78, 5) is 13.1. The molecule has 2 aromatic carbocycles. The third-order valence-electron chi connectivity index (χ3n) is 5.78. The van der Waals surface area contributed by atoms with E-state index in [-0.39, 0.29) is 12.6 Å². The Labute approximate surface area is 186 Å². The van der Waals surface area contributed by atoms with Gasteiger partial charge in [0, 0.05) is 19.5 Å². The molecule has 0 saturated carbocycles. The molecule has 168 valence electrons. The van der Waals surface area contributed by atoms with Crippen LogP contribution in [0.4, 0.5) is 0 Å². The number of carbonyl (C=O) groups is 1. The minimum Gasteiger partial charge on any atom is -0.494 e. The molecule has 5 heteroatoms. The van der Waals surface area contributed by atoms with Gasteiger partial charge < -0.3 is 14.6 Å². The summed E-state index contributed by atoms with van der Waals surface area (Å²) in [6, 6.07) is 16.8. The Hall–Kier alpha value is -2.37. The maximum Gasteiger partial charge on any atom is 0.303 e. The van der Waals surface area contributed by atoms with Gasteiger partial charge >= 0.3 is 5.97 Å². The summed E-state index contributed by atoms with van der Waals surface area (Å²) in [5.74, 6) is 0.197. The van der Waals surface area contributed by atoms with Crippen LogP contribution in [0.1, 0.15) is 57.4 Å². The number of unbranched alkanes of at least 4 members (excludes halogenated alkanes) is 2. The molecule has 0 radical (unpaired) electrons. The van der Waals surface area contributed by atoms with Crippen molar-refractivity contribution in [2.24, 2.45) is 0 Å². The maximum absolute atomic E-state index is 10.6. The maximum atomic E-state index is 10.6. The van der Waals surface area contributed by atoms with Crippen LogP contribution in [0.25, 0.3) is 11.1 Å². The topological polar surface area (TPSA) is 59.0 Å². The van der Waals surface area contributed by atoms with Crippen molar-refractivity contribution in [3.63, 3.8) is 0 Å². The van der Waals surface area contributed by atoms with Gasteiger partial charge in [0.15, 0.2) is 0 Å². The number of benzene rings is 2. The van der Waals surface area contributed by atoms with Crippen molar-refractivity contribution >= 4 is 5.97 Å². The van der Waals surface area contributed by atoms with E-state index < -0.39 is 5.97 Å². The molecule has 5 nitrogen and oxygen atoms in total. The van der Waals surface area contributed by atoms with Gasteiger partial charge in [-0.3, -0.25) is 9.69 Å². The molecule has 0 spiro atoms. The fourth-order valence-corrected chi connectivity index (χ4v) is 4.07. The molecular formula is C26H35NO4. The standard InChI is InChI=1S/C26H35NO4/c1-2-30-24-16-14-23(15-17-24)22-12-10-21(11-13-22)20-31-25-8-5-7-19-27(25)18-6-3-4-9-26(28)29/h10-17,25H,2-9,18-20H2,1H3,(H,28,29). The van der Waals surface area contributed by atoms with Gasteiger partial charge in [0.05, 0.1) is 13.2 Å². The van der Waals surface area contributed by atoms with Crippen LogP contribution < -0.4 is 4.74 Å². The molecule has 1 saturated heterocycles. The number of hydrogen-bond donors (Lipinski definition) is 1. The van der Waals surface area contributed by atoms with Crippen LogP contribution in [0.15, 0.2) is 48.5 Å². The molecule has 2 aromatic rings. The number of nitrogens with zero attached hydrogens (tertiary/aromatic N) is 1.